The molecule has 1 saturated heterocycles. The molecule has 3 nitrogen and oxygen atoms in total. The molecule has 3 rings (SSSR count). The Morgan fingerprint density at radius 2 is 1.48 bits per heavy atom. The summed E-state index contributed by atoms with van der Waals surface area (Å²) in [6.07, 6.45) is 0.955. The van der Waals surface area contributed by atoms with E-state index in [4.69, 9.17) is 17.0 Å². The van der Waals surface area contributed by atoms with Crippen LogP contribution in [0.15, 0.2) is 54.6 Å². The first kappa shape index (κ1) is 13.9. The van der Waals surface area contributed by atoms with Gasteiger partial charge in [-0.3, -0.25) is 0 Å². The highest BCUT2D eigenvalue weighted by Crippen LogP contribution is 2.30. The predicted molar refractivity (Wildman–Crippen MR) is 88.4 cm³/mol. The van der Waals surface area contributed by atoms with Crippen LogP contribution in [0.5, 0.6) is 5.75 Å². The van der Waals surface area contributed by atoms with Crippen molar-refractivity contribution in [2.45, 2.75) is 18.5 Å². The van der Waals surface area contributed by atoms with E-state index in [-0.39, 0.29) is 12.1 Å². The van der Waals surface area contributed by atoms with Crippen molar-refractivity contribution in [2.24, 2.45) is 0 Å². The molecule has 2 unspecified atom stereocenters. The Labute approximate surface area is 130 Å². The zero-order chi connectivity index (χ0) is 14.7. The molecule has 0 bridgehead atoms. The minimum Gasteiger partial charge on any atom is -0.497 e. The van der Waals surface area contributed by atoms with E-state index >= 15 is 0 Å². The van der Waals surface area contributed by atoms with Gasteiger partial charge in [0.25, 0.3) is 0 Å². The third-order valence-corrected chi connectivity index (χ3v) is 4.04. The molecule has 2 N–H and O–H groups in total. The number of benzene rings is 2. The van der Waals surface area contributed by atoms with Gasteiger partial charge in [-0.2, -0.15) is 0 Å². The monoisotopic (exact) mass is 298 g/mol. The van der Waals surface area contributed by atoms with Crippen LogP contribution in [0, 0.1) is 0 Å². The smallest absolute Gasteiger partial charge is 0.167 e. The molecule has 0 aliphatic carbocycles. The fourth-order valence-corrected chi connectivity index (χ4v) is 2.96. The van der Waals surface area contributed by atoms with Gasteiger partial charge in [0.05, 0.1) is 19.2 Å². The lowest BCUT2D eigenvalue weighted by Crippen LogP contribution is -2.46. The zero-order valence-corrected chi connectivity index (χ0v) is 12.7. The van der Waals surface area contributed by atoms with Gasteiger partial charge in [-0.05, 0) is 41.9 Å². The Balaban J connectivity index is 1.81. The van der Waals surface area contributed by atoms with Crippen molar-refractivity contribution in [3.63, 3.8) is 0 Å². The third-order valence-electron chi connectivity index (χ3n) is 3.80. The minimum absolute atomic E-state index is 0.217. The van der Waals surface area contributed by atoms with E-state index in [0.29, 0.717) is 5.11 Å². The Kier molecular flexibility index (Phi) is 4.06. The Morgan fingerprint density at radius 1 is 0.905 bits per heavy atom. The van der Waals surface area contributed by atoms with Crippen molar-refractivity contribution in [3.8, 4) is 5.75 Å². The Bertz CT molecular complexity index is 612. The molecule has 2 aromatic carbocycles. The van der Waals surface area contributed by atoms with Crippen LogP contribution in [-0.2, 0) is 0 Å². The van der Waals surface area contributed by atoms with Crippen molar-refractivity contribution in [2.75, 3.05) is 7.11 Å². The summed E-state index contributed by atoms with van der Waals surface area (Å²) in [7, 11) is 1.68. The summed E-state index contributed by atoms with van der Waals surface area (Å²) in [5, 5.41) is 7.40. The first-order valence-electron chi connectivity index (χ1n) is 7.02. The van der Waals surface area contributed by atoms with E-state index in [2.05, 4.69) is 47.0 Å². The molecule has 0 amide bonds. The van der Waals surface area contributed by atoms with Gasteiger partial charge in [-0.1, -0.05) is 42.5 Å². The number of hydrogen-bond donors (Lipinski definition) is 2. The summed E-state index contributed by atoms with van der Waals surface area (Å²) < 4.78 is 5.21. The fourth-order valence-electron chi connectivity index (χ4n) is 2.67. The van der Waals surface area contributed by atoms with Crippen molar-refractivity contribution >= 4 is 17.3 Å². The van der Waals surface area contributed by atoms with Gasteiger partial charge >= 0.3 is 0 Å². The van der Waals surface area contributed by atoms with E-state index in [9.17, 15) is 0 Å². The molecule has 2 aromatic rings. The summed E-state index contributed by atoms with van der Waals surface area (Å²) in [6, 6.07) is 19.0. The summed E-state index contributed by atoms with van der Waals surface area (Å²) in [5.74, 6) is 0.870. The molecular formula is C17H18N2OS. The standard InChI is InChI=1S/C17H18N2OS/c1-20-14-9-7-13(8-10-14)16-11-15(18-17(21)19-16)12-5-3-2-4-6-12/h2-10,15-16H,11H2,1H3,(H2,18,19,21). The third kappa shape index (κ3) is 3.16. The molecular weight excluding hydrogens is 280 g/mol. The lowest BCUT2D eigenvalue weighted by Gasteiger charge is -2.33. The van der Waals surface area contributed by atoms with Crippen molar-refractivity contribution in [1.82, 2.24) is 10.6 Å². The summed E-state index contributed by atoms with van der Waals surface area (Å²) in [4.78, 5) is 0. The molecule has 0 spiro atoms. The fraction of sp³-hybridized carbons (Fsp3) is 0.235. The topological polar surface area (TPSA) is 33.3 Å². The van der Waals surface area contributed by atoms with Gasteiger partial charge in [-0.15, -0.1) is 0 Å². The minimum atomic E-state index is 0.217. The second-order valence-corrected chi connectivity index (χ2v) is 5.55. The number of nitrogens with one attached hydrogen (secondary N) is 2. The molecule has 2 atom stereocenters. The van der Waals surface area contributed by atoms with Gasteiger partial charge < -0.3 is 15.4 Å². The Morgan fingerprint density at radius 3 is 2.05 bits per heavy atom. The van der Waals surface area contributed by atoms with Crippen LogP contribution in [0.4, 0.5) is 0 Å². The second kappa shape index (κ2) is 6.14. The first-order chi connectivity index (χ1) is 10.3. The van der Waals surface area contributed by atoms with Crippen molar-refractivity contribution in [1.29, 1.82) is 0 Å². The van der Waals surface area contributed by atoms with Gasteiger partial charge in [-0.25, -0.2) is 0 Å². The lowest BCUT2D eigenvalue weighted by atomic mass is 9.93. The summed E-state index contributed by atoms with van der Waals surface area (Å²) in [6.45, 7) is 0. The van der Waals surface area contributed by atoms with Crippen LogP contribution in [0.3, 0.4) is 0 Å². The number of hydrogen-bond acceptors (Lipinski definition) is 2. The zero-order valence-electron chi connectivity index (χ0n) is 11.9. The predicted octanol–water partition coefficient (Wildman–Crippen LogP) is 3.35. The van der Waals surface area contributed by atoms with E-state index in [1.54, 1.807) is 7.11 Å². The number of thiocarbonyl (C=S) groups is 1. The molecule has 1 aliphatic heterocycles. The molecule has 0 radical (unpaired) electrons. The molecule has 1 aliphatic rings. The summed E-state index contributed by atoms with van der Waals surface area (Å²) in [5.41, 5.74) is 2.49. The number of methoxy groups -OCH3 is 1. The van der Waals surface area contributed by atoms with Crippen LogP contribution in [0.1, 0.15) is 29.6 Å². The van der Waals surface area contributed by atoms with Crippen LogP contribution >= 0.6 is 12.2 Å². The van der Waals surface area contributed by atoms with Gasteiger partial charge in [0.1, 0.15) is 5.75 Å². The highest BCUT2D eigenvalue weighted by atomic mass is 32.1. The van der Waals surface area contributed by atoms with E-state index in [0.717, 1.165) is 12.2 Å². The van der Waals surface area contributed by atoms with Crippen LogP contribution in [-0.4, -0.2) is 12.2 Å². The average Bonchev–Trinajstić information content (AvgIpc) is 2.55. The highest BCUT2D eigenvalue weighted by Gasteiger charge is 2.25. The van der Waals surface area contributed by atoms with E-state index in [1.165, 1.54) is 11.1 Å². The van der Waals surface area contributed by atoms with E-state index < -0.39 is 0 Å². The average molecular weight is 298 g/mol. The maximum absolute atomic E-state index is 5.36. The molecule has 21 heavy (non-hydrogen) atoms. The molecule has 0 saturated carbocycles. The molecule has 108 valence electrons. The maximum Gasteiger partial charge on any atom is 0.167 e. The SMILES string of the molecule is COc1ccc(C2CC(c3ccccc3)NC(=S)N2)cc1. The van der Waals surface area contributed by atoms with Gasteiger partial charge in [0.2, 0.25) is 0 Å². The van der Waals surface area contributed by atoms with E-state index in [1.807, 2.05) is 18.2 Å². The van der Waals surface area contributed by atoms with Gasteiger partial charge in [0, 0.05) is 0 Å². The first-order valence-corrected chi connectivity index (χ1v) is 7.43. The molecule has 4 heteroatoms. The van der Waals surface area contributed by atoms with Gasteiger partial charge in [0.15, 0.2) is 5.11 Å². The Hall–Kier alpha value is -2.07. The molecule has 0 aromatic heterocycles. The van der Waals surface area contributed by atoms with Crippen LogP contribution < -0.4 is 15.4 Å². The molecule has 1 heterocycles. The lowest BCUT2D eigenvalue weighted by molar-refractivity contribution is 0.413. The highest BCUT2D eigenvalue weighted by molar-refractivity contribution is 7.80. The number of rotatable bonds is 3. The largest absolute Gasteiger partial charge is 0.497 e. The quantitative estimate of drug-likeness (QED) is 0.852. The summed E-state index contributed by atoms with van der Waals surface area (Å²) >= 11 is 5.36. The van der Waals surface area contributed by atoms with Crippen molar-refractivity contribution < 1.29 is 4.74 Å². The normalized spacial score (nSPS) is 21.3. The number of ether oxygens (including phenoxy) is 1. The van der Waals surface area contributed by atoms with Crippen molar-refractivity contribution in [3.05, 3.63) is 65.7 Å². The maximum atomic E-state index is 5.36. The second-order valence-electron chi connectivity index (χ2n) is 5.14. The molecule has 1 fully saturated rings. The van der Waals surface area contributed by atoms with Crippen LogP contribution in [0.25, 0.3) is 0 Å². The van der Waals surface area contributed by atoms with Crippen LogP contribution in [0.2, 0.25) is 0 Å².